The lowest BCUT2D eigenvalue weighted by atomic mass is 10.0. The Morgan fingerprint density at radius 1 is 1.08 bits per heavy atom. The summed E-state index contributed by atoms with van der Waals surface area (Å²) in [5, 5.41) is 0. The Balaban J connectivity index is 1.50. The molecule has 4 aromatic rings. The maximum atomic E-state index is 13.0. The number of carbonyl (C=O) groups is 2. The van der Waals surface area contributed by atoms with Gasteiger partial charge in [-0.05, 0) is 37.8 Å². The zero-order chi connectivity index (χ0) is 25.4. The number of ketones is 1. The summed E-state index contributed by atoms with van der Waals surface area (Å²) < 4.78 is 1.88. The number of benzene rings is 1. The third-order valence-corrected chi connectivity index (χ3v) is 6.20. The molecule has 0 atom stereocenters. The summed E-state index contributed by atoms with van der Waals surface area (Å²) >= 11 is 0. The van der Waals surface area contributed by atoms with Crippen LogP contribution in [0.3, 0.4) is 0 Å². The number of hydrogen-bond donors (Lipinski definition) is 1. The van der Waals surface area contributed by atoms with Gasteiger partial charge in [-0.2, -0.15) is 0 Å². The number of nitrogen functional groups attached to an aromatic ring is 1. The highest BCUT2D eigenvalue weighted by Gasteiger charge is 2.28. The quantitative estimate of drug-likeness (QED) is 0.354. The van der Waals surface area contributed by atoms with Gasteiger partial charge in [-0.15, -0.1) is 0 Å². The minimum atomic E-state index is -0.208. The number of fused-ring (bicyclic) bond motifs is 1. The molecule has 9 heteroatoms. The molecular formula is C27H25N7O2. The first-order valence-electron chi connectivity index (χ1n) is 11.5. The molecule has 0 bridgehead atoms. The molecule has 180 valence electrons. The summed E-state index contributed by atoms with van der Waals surface area (Å²) in [5.41, 5.74) is 11.2. The Bertz CT molecular complexity index is 1560. The molecule has 0 aliphatic carbocycles. The average molecular weight is 480 g/mol. The molecule has 36 heavy (non-hydrogen) atoms. The lowest BCUT2D eigenvalue weighted by Gasteiger charge is -2.17. The van der Waals surface area contributed by atoms with Crippen LogP contribution in [0.4, 0.5) is 11.8 Å². The van der Waals surface area contributed by atoms with E-state index in [1.165, 1.54) is 0 Å². The van der Waals surface area contributed by atoms with Crippen molar-refractivity contribution >= 4 is 29.0 Å². The topological polar surface area (TPSA) is 110 Å². The molecule has 3 aromatic heterocycles. The third-order valence-electron chi connectivity index (χ3n) is 6.20. The summed E-state index contributed by atoms with van der Waals surface area (Å²) in [6, 6.07) is 9.20. The first kappa shape index (κ1) is 23.1. The molecule has 1 amide bonds. The number of nitrogens with two attached hydrogens (primary N) is 1. The van der Waals surface area contributed by atoms with Crippen molar-refractivity contribution in [3.8, 4) is 23.1 Å². The van der Waals surface area contributed by atoms with Crippen LogP contribution in [-0.4, -0.2) is 55.7 Å². The molecule has 1 aromatic carbocycles. The normalized spacial score (nSPS) is 13.1. The molecule has 1 fully saturated rings. The Hall–Kier alpha value is -4.71. The summed E-state index contributed by atoms with van der Waals surface area (Å²) in [7, 11) is 0. The maximum Gasteiger partial charge on any atom is 0.299 e. The highest BCUT2D eigenvalue weighted by Crippen LogP contribution is 2.32. The molecule has 1 saturated heterocycles. The standard InChI is InChI=1S/C27H25N7O2/c1-4-5-21(35)32-12-13-33(16-32)27-31-23(24-26(28)29-10-11-34(24)27)19-6-8-20(9-7-19)25(36)22-18(3)14-17(2)15-30-22/h6-11,14-15H,12-13,16H2,1-3H3,(H2,28,29). The molecule has 1 aliphatic heterocycles. The zero-order valence-corrected chi connectivity index (χ0v) is 20.3. The Morgan fingerprint density at radius 2 is 1.86 bits per heavy atom. The summed E-state index contributed by atoms with van der Waals surface area (Å²) in [5.74, 6) is 5.91. The van der Waals surface area contributed by atoms with E-state index in [2.05, 4.69) is 21.8 Å². The molecule has 9 nitrogen and oxygen atoms in total. The van der Waals surface area contributed by atoms with E-state index in [-0.39, 0.29) is 11.7 Å². The van der Waals surface area contributed by atoms with E-state index in [0.717, 1.165) is 16.7 Å². The maximum absolute atomic E-state index is 13.0. The molecule has 5 rings (SSSR count). The van der Waals surface area contributed by atoms with Crippen LogP contribution >= 0.6 is 0 Å². The molecule has 1 aliphatic rings. The predicted molar refractivity (Wildman–Crippen MR) is 137 cm³/mol. The van der Waals surface area contributed by atoms with Crippen molar-refractivity contribution in [3.05, 3.63) is 71.3 Å². The van der Waals surface area contributed by atoms with Crippen LogP contribution in [0.5, 0.6) is 0 Å². The molecule has 0 saturated carbocycles. The van der Waals surface area contributed by atoms with Gasteiger partial charge in [0.25, 0.3) is 5.91 Å². The number of anilines is 2. The largest absolute Gasteiger partial charge is 0.382 e. The number of carbonyl (C=O) groups excluding carboxylic acids is 2. The van der Waals surface area contributed by atoms with Crippen molar-refractivity contribution in [2.75, 3.05) is 30.4 Å². The van der Waals surface area contributed by atoms with E-state index in [0.29, 0.717) is 54.0 Å². The summed E-state index contributed by atoms with van der Waals surface area (Å²) in [6.45, 7) is 7.04. The van der Waals surface area contributed by atoms with Gasteiger partial charge in [0.2, 0.25) is 11.7 Å². The zero-order valence-electron chi connectivity index (χ0n) is 20.3. The van der Waals surface area contributed by atoms with Crippen LogP contribution in [0, 0.1) is 25.7 Å². The van der Waals surface area contributed by atoms with E-state index < -0.39 is 0 Å². The highest BCUT2D eigenvalue weighted by atomic mass is 16.2. The van der Waals surface area contributed by atoms with Crippen LogP contribution in [0.25, 0.3) is 16.8 Å². The predicted octanol–water partition coefficient (Wildman–Crippen LogP) is 2.85. The summed E-state index contributed by atoms with van der Waals surface area (Å²) in [4.78, 5) is 42.5. The van der Waals surface area contributed by atoms with Gasteiger partial charge < -0.3 is 15.5 Å². The number of aryl methyl sites for hydroxylation is 2. The fourth-order valence-electron chi connectivity index (χ4n) is 4.45. The van der Waals surface area contributed by atoms with Crippen molar-refractivity contribution in [1.29, 1.82) is 0 Å². The first-order chi connectivity index (χ1) is 17.4. The van der Waals surface area contributed by atoms with Gasteiger partial charge in [-0.25, -0.2) is 9.97 Å². The molecule has 4 heterocycles. The van der Waals surface area contributed by atoms with E-state index in [1.54, 1.807) is 42.5 Å². The lowest BCUT2D eigenvalue weighted by molar-refractivity contribution is -0.124. The van der Waals surface area contributed by atoms with Crippen molar-refractivity contribution in [1.82, 2.24) is 24.3 Å². The van der Waals surface area contributed by atoms with Gasteiger partial charge in [0.1, 0.15) is 22.7 Å². The minimum Gasteiger partial charge on any atom is -0.382 e. The van der Waals surface area contributed by atoms with Gasteiger partial charge >= 0.3 is 0 Å². The van der Waals surface area contributed by atoms with Crippen molar-refractivity contribution < 1.29 is 9.59 Å². The Kier molecular flexibility index (Phi) is 5.86. The molecular weight excluding hydrogens is 454 g/mol. The fourth-order valence-corrected chi connectivity index (χ4v) is 4.45. The van der Waals surface area contributed by atoms with Gasteiger partial charge in [0.05, 0.1) is 6.67 Å². The molecule has 0 unspecified atom stereocenters. The molecule has 0 spiro atoms. The van der Waals surface area contributed by atoms with Crippen molar-refractivity contribution in [2.24, 2.45) is 0 Å². The number of aromatic nitrogens is 4. The average Bonchev–Trinajstić information content (AvgIpc) is 3.50. The van der Waals surface area contributed by atoms with Crippen molar-refractivity contribution in [2.45, 2.75) is 20.8 Å². The van der Waals surface area contributed by atoms with Crippen LogP contribution in [-0.2, 0) is 4.79 Å². The van der Waals surface area contributed by atoms with Crippen LogP contribution in [0.2, 0.25) is 0 Å². The van der Waals surface area contributed by atoms with Gasteiger partial charge in [0.15, 0.2) is 0 Å². The third kappa shape index (κ3) is 4.03. The number of pyridine rings is 1. The van der Waals surface area contributed by atoms with Crippen molar-refractivity contribution in [3.63, 3.8) is 0 Å². The first-order valence-corrected chi connectivity index (χ1v) is 11.5. The van der Waals surface area contributed by atoms with Gasteiger partial charge in [-0.3, -0.25) is 19.0 Å². The monoisotopic (exact) mass is 479 g/mol. The smallest absolute Gasteiger partial charge is 0.299 e. The SMILES string of the molecule is CC#CC(=O)N1CCN(c2nc(-c3ccc(C(=O)c4ncc(C)cc4C)cc3)c3c(N)nccn23)C1. The molecule has 0 radical (unpaired) electrons. The Morgan fingerprint density at radius 3 is 2.58 bits per heavy atom. The van der Waals surface area contributed by atoms with Gasteiger partial charge in [0, 0.05) is 42.8 Å². The second-order valence-corrected chi connectivity index (χ2v) is 8.72. The highest BCUT2D eigenvalue weighted by molar-refractivity contribution is 6.08. The van der Waals surface area contributed by atoms with E-state index >= 15 is 0 Å². The van der Waals surface area contributed by atoms with E-state index in [4.69, 9.17) is 10.7 Å². The number of rotatable bonds is 4. The second-order valence-electron chi connectivity index (χ2n) is 8.72. The minimum absolute atomic E-state index is 0.132. The molecule has 2 N–H and O–H groups in total. The van der Waals surface area contributed by atoms with Gasteiger partial charge in [-0.1, -0.05) is 36.3 Å². The van der Waals surface area contributed by atoms with E-state index in [9.17, 15) is 9.59 Å². The van der Waals surface area contributed by atoms with Crippen LogP contribution in [0.1, 0.15) is 34.1 Å². The summed E-state index contributed by atoms with van der Waals surface area (Å²) in [6.07, 6.45) is 5.13. The Labute approximate surface area is 208 Å². The lowest BCUT2D eigenvalue weighted by Crippen LogP contribution is -2.30. The van der Waals surface area contributed by atoms with Crippen LogP contribution < -0.4 is 10.6 Å². The van der Waals surface area contributed by atoms with Crippen LogP contribution in [0.15, 0.2) is 48.9 Å². The fraction of sp³-hybridized carbons (Fsp3) is 0.222. The number of imidazole rings is 1. The number of nitrogens with zero attached hydrogens (tertiary/aromatic N) is 6. The number of amides is 1. The van der Waals surface area contributed by atoms with E-state index in [1.807, 2.05) is 41.3 Å². The second kappa shape index (κ2) is 9.15. The number of hydrogen-bond acceptors (Lipinski definition) is 7.